The maximum Gasteiger partial charge on any atom is 0.303 e. The summed E-state index contributed by atoms with van der Waals surface area (Å²) in [7, 11) is 0. The van der Waals surface area contributed by atoms with E-state index in [1.165, 1.54) is 4.90 Å². The highest BCUT2D eigenvalue weighted by atomic mass is 16.4. The number of primary amides is 1. The van der Waals surface area contributed by atoms with Crippen LogP contribution in [0.25, 0.3) is 0 Å². The molecule has 0 heterocycles. The van der Waals surface area contributed by atoms with Gasteiger partial charge in [0.25, 0.3) is 0 Å². The lowest BCUT2D eigenvalue weighted by Gasteiger charge is -2.37. The Hall–Kier alpha value is -1.59. The Morgan fingerprint density at radius 1 is 1.15 bits per heavy atom. The molecule has 1 saturated carbocycles. The van der Waals surface area contributed by atoms with E-state index in [0.29, 0.717) is 6.54 Å². The molecule has 2 amide bonds. The number of rotatable bonds is 7. The molecule has 1 fully saturated rings. The molecule has 0 bridgehead atoms. The SMILES string of the molecule is CCN(CC(N)=O)C(=O)CC1(CC(=O)O)CCCCC1. The smallest absolute Gasteiger partial charge is 0.303 e. The van der Waals surface area contributed by atoms with Gasteiger partial charge in [-0.25, -0.2) is 0 Å². The van der Waals surface area contributed by atoms with Crippen LogP contribution in [0.15, 0.2) is 0 Å². The van der Waals surface area contributed by atoms with Gasteiger partial charge in [0, 0.05) is 13.0 Å². The van der Waals surface area contributed by atoms with E-state index in [1.54, 1.807) is 6.92 Å². The van der Waals surface area contributed by atoms with E-state index >= 15 is 0 Å². The average Bonchev–Trinajstić information content (AvgIpc) is 2.35. The van der Waals surface area contributed by atoms with Crippen LogP contribution in [0.1, 0.15) is 51.9 Å². The van der Waals surface area contributed by atoms with Crippen molar-refractivity contribution in [2.75, 3.05) is 13.1 Å². The number of carboxylic acids is 1. The van der Waals surface area contributed by atoms with Gasteiger partial charge < -0.3 is 15.7 Å². The summed E-state index contributed by atoms with van der Waals surface area (Å²) in [5.41, 5.74) is 4.67. The summed E-state index contributed by atoms with van der Waals surface area (Å²) in [6.45, 7) is 2.09. The number of nitrogens with zero attached hydrogens (tertiary/aromatic N) is 1. The van der Waals surface area contributed by atoms with Crippen molar-refractivity contribution in [1.82, 2.24) is 4.90 Å². The Kier molecular flexibility index (Phi) is 5.98. The van der Waals surface area contributed by atoms with Gasteiger partial charge in [0.05, 0.1) is 13.0 Å². The number of amides is 2. The Labute approximate surface area is 119 Å². The van der Waals surface area contributed by atoms with Crippen LogP contribution in [0.5, 0.6) is 0 Å². The Morgan fingerprint density at radius 3 is 2.20 bits per heavy atom. The van der Waals surface area contributed by atoms with Crippen molar-refractivity contribution in [2.24, 2.45) is 11.1 Å². The molecule has 0 radical (unpaired) electrons. The molecule has 0 spiro atoms. The van der Waals surface area contributed by atoms with Gasteiger partial charge in [-0.05, 0) is 25.2 Å². The molecule has 1 aliphatic rings. The molecule has 6 heteroatoms. The van der Waals surface area contributed by atoms with Gasteiger partial charge in [-0.3, -0.25) is 14.4 Å². The summed E-state index contributed by atoms with van der Waals surface area (Å²) in [5.74, 6) is -1.58. The van der Waals surface area contributed by atoms with Crippen LogP contribution >= 0.6 is 0 Å². The van der Waals surface area contributed by atoms with Gasteiger partial charge >= 0.3 is 5.97 Å². The van der Waals surface area contributed by atoms with Gasteiger partial charge in [-0.2, -0.15) is 0 Å². The molecule has 0 aromatic heterocycles. The number of hydrogen-bond acceptors (Lipinski definition) is 3. The number of carboxylic acid groups (broad SMARTS) is 1. The number of aliphatic carboxylic acids is 1. The zero-order chi connectivity index (χ0) is 15.2. The lowest BCUT2D eigenvalue weighted by Crippen LogP contribution is -2.41. The summed E-state index contributed by atoms with van der Waals surface area (Å²) in [6, 6.07) is 0. The highest BCUT2D eigenvalue weighted by Gasteiger charge is 2.37. The first kappa shape index (κ1) is 16.5. The Balaban J connectivity index is 2.75. The number of carbonyl (C=O) groups is 3. The van der Waals surface area contributed by atoms with Crippen molar-refractivity contribution >= 4 is 17.8 Å². The highest BCUT2D eigenvalue weighted by Crippen LogP contribution is 2.42. The summed E-state index contributed by atoms with van der Waals surface area (Å²) in [6.07, 6.45) is 4.75. The van der Waals surface area contributed by atoms with Crippen LogP contribution in [-0.4, -0.2) is 40.9 Å². The maximum atomic E-state index is 12.3. The molecule has 0 saturated heterocycles. The van der Waals surface area contributed by atoms with Crippen molar-refractivity contribution in [3.05, 3.63) is 0 Å². The van der Waals surface area contributed by atoms with Crippen molar-refractivity contribution < 1.29 is 19.5 Å². The van der Waals surface area contributed by atoms with Gasteiger partial charge in [-0.15, -0.1) is 0 Å². The van der Waals surface area contributed by atoms with E-state index in [9.17, 15) is 14.4 Å². The zero-order valence-electron chi connectivity index (χ0n) is 12.1. The maximum absolute atomic E-state index is 12.3. The molecule has 20 heavy (non-hydrogen) atoms. The standard InChI is InChI=1S/C14H24N2O4/c1-2-16(10-11(15)17)12(18)8-14(9-13(19)20)6-4-3-5-7-14/h2-10H2,1H3,(H2,15,17)(H,19,20). The minimum absolute atomic E-state index is 0.0207. The van der Waals surface area contributed by atoms with Crippen LogP contribution < -0.4 is 5.73 Å². The number of hydrogen-bond donors (Lipinski definition) is 2. The number of carbonyl (C=O) groups excluding carboxylic acids is 2. The van der Waals surface area contributed by atoms with E-state index in [2.05, 4.69) is 0 Å². The van der Waals surface area contributed by atoms with Crippen molar-refractivity contribution in [3.8, 4) is 0 Å². The fourth-order valence-electron chi connectivity index (χ4n) is 3.04. The third kappa shape index (κ3) is 4.83. The first-order valence-electron chi connectivity index (χ1n) is 7.16. The fourth-order valence-corrected chi connectivity index (χ4v) is 3.04. The van der Waals surface area contributed by atoms with Crippen LogP contribution in [0.3, 0.4) is 0 Å². The molecule has 0 aromatic rings. The predicted molar refractivity (Wildman–Crippen MR) is 73.8 cm³/mol. The lowest BCUT2D eigenvalue weighted by molar-refractivity contribution is -0.143. The van der Waals surface area contributed by atoms with Gasteiger partial charge in [0.15, 0.2) is 0 Å². The molecule has 0 unspecified atom stereocenters. The molecule has 6 nitrogen and oxygen atoms in total. The molecular formula is C14H24N2O4. The van der Waals surface area contributed by atoms with Crippen LogP contribution in [0.4, 0.5) is 0 Å². The topological polar surface area (TPSA) is 101 Å². The first-order chi connectivity index (χ1) is 9.38. The number of nitrogens with two attached hydrogens (primary N) is 1. The third-order valence-corrected chi connectivity index (χ3v) is 4.05. The van der Waals surface area contributed by atoms with Gasteiger partial charge in [0.2, 0.25) is 11.8 Å². The molecule has 0 atom stereocenters. The summed E-state index contributed by atoms with van der Waals surface area (Å²) < 4.78 is 0. The molecular weight excluding hydrogens is 260 g/mol. The van der Waals surface area contributed by atoms with Crippen molar-refractivity contribution in [3.63, 3.8) is 0 Å². The van der Waals surface area contributed by atoms with Crippen molar-refractivity contribution in [1.29, 1.82) is 0 Å². The van der Waals surface area contributed by atoms with Crippen molar-refractivity contribution in [2.45, 2.75) is 51.9 Å². The normalized spacial score (nSPS) is 17.4. The second-order valence-corrected chi connectivity index (χ2v) is 5.68. The van der Waals surface area contributed by atoms with E-state index in [0.717, 1.165) is 32.1 Å². The van der Waals surface area contributed by atoms with E-state index in [-0.39, 0.29) is 25.3 Å². The van der Waals surface area contributed by atoms with Gasteiger partial charge in [-0.1, -0.05) is 19.3 Å². The molecule has 0 aliphatic heterocycles. The second-order valence-electron chi connectivity index (χ2n) is 5.68. The third-order valence-electron chi connectivity index (χ3n) is 4.05. The van der Waals surface area contributed by atoms with Gasteiger partial charge in [0.1, 0.15) is 0 Å². The summed E-state index contributed by atoms with van der Waals surface area (Å²) in [4.78, 5) is 35.7. The van der Waals surface area contributed by atoms with Crippen LogP contribution in [0.2, 0.25) is 0 Å². The minimum atomic E-state index is -0.863. The fraction of sp³-hybridized carbons (Fsp3) is 0.786. The zero-order valence-corrected chi connectivity index (χ0v) is 12.1. The predicted octanol–water partition coefficient (Wildman–Crippen LogP) is 1.14. The number of likely N-dealkylation sites (N-methyl/N-ethyl adjacent to an activating group) is 1. The Bertz CT molecular complexity index is 375. The van der Waals surface area contributed by atoms with E-state index in [4.69, 9.17) is 10.8 Å². The second kappa shape index (κ2) is 7.26. The summed E-state index contributed by atoms with van der Waals surface area (Å²) >= 11 is 0. The van der Waals surface area contributed by atoms with Crippen LogP contribution in [0, 0.1) is 5.41 Å². The molecule has 114 valence electrons. The average molecular weight is 284 g/mol. The molecule has 1 aliphatic carbocycles. The van der Waals surface area contributed by atoms with E-state index in [1.807, 2.05) is 0 Å². The molecule has 1 rings (SSSR count). The summed E-state index contributed by atoms with van der Waals surface area (Å²) in [5, 5.41) is 9.09. The minimum Gasteiger partial charge on any atom is -0.481 e. The largest absolute Gasteiger partial charge is 0.481 e. The highest BCUT2D eigenvalue weighted by molar-refractivity contribution is 5.84. The monoisotopic (exact) mass is 284 g/mol. The lowest BCUT2D eigenvalue weighted by atomic mass is 9.69. The molecule has 0 aromatic carbocycles. The Morgan fingerprint density at radius 2 is 1.75 bits per heavy atom. The molecule has 3 N–H and O–H groups in total. The van der Waals surface area contributed by atoms with E-state index < -0.39 is 17.3 Å². The quantitative estimate of drug-likeness (QED) is 0.732. The van der Waals surface area contributed by atoms with Crippen LogP contribution in [-0.2, 0) is 14.4 Å². The first-order valence-corrected chi connectivity index (χ1v) is 7.16.